The van der Waals surface area contributed by atoms with Crippen LogP contribution in [0.3, 0.4) is 0 Å². The Balaban J connectivity index is 1.66. The van der Waals surface area contributed by atoms with Gasteiger partial charge in [0.2, 0.25) is 0 Å². The van der Waals surface area contributed by atoms with Crippen molar-refractivity contribution >= 4 is 16.7 Å². The summed E-state index contributed by atoms with van der Waals surface area (Å²) in [7, 11) is 1.24. The van der Waals surface area contributed by atoms with Gasteiger partial charge >= 0.3 is 18.3 Å². The molecule has 2 aromatic carbocycles. The van der Waals surface area contributed by atoms with Gasteiger partial charge in [-0.05, 0) is 86.0 Å². The summed E-state index contributed by atoms with van der Waals surface area (Å²) in [5, 5.41) is -0.128. The number of rotatable bonds is 5. The van der Waals surface area contributed by atoms with E-state index in [1.807, 2.05) is 0 Å². The van der Waals surface area contributed by atoms with E-state index in [0.29, 0.717) is 18.8 Å². The van der Waals surface area contributed by atoms with Crippen LogP contribution in [-0.4, -0.2) is 43.3 Å². The molecule has 2 aliphatic rings. The maximum absolute atomic E-state index is 14.2. The van der Waals surface area contributed by atoms with E-state index in [2.05, 4.69) is 6.92 Å². The van der Waals surface area contributed by atoms with Crippen LogP contribution in [0, 0.1) is 11.8 Å². The van der Waals surface area contributed by atoms with Crippen molar-refractivity contribution in [3.8, 4) is 5.75 Å². The lowest BCUT2D eigenvalue weighted by atomic mass is 9.89. The van der Waals surface area contributed by atoms with E-state index in [1.165, 1.54) is 30.2 Å². The van der Waals surface area contributed by atoms with Gasteiger partial charge in [-0.15, -0.1) is 0 Å². The molecular formula is C27H31F6NO3. The fourth-order valence-corrected chi connectivity index (χ4v) is 5.58. The van der Waals surface area contributed by atoms with Gasteiger partial charge in [-0.1, -0.05) is 25.1 Å². The Morgan fingerprint density at radius 2 is 1.59 bits per heavy atom. The standard InChI is InChI=1S/C27H31F6NO3/c1-16-3-7-20(8-4-16)37-22-10-6-18-15-19(5-9-21(18)23(22)26(28,29)30)24(27(31,32)33)34-13-11-17(12-14-34)25(35)36-2/h5-6,9-10,15-17,20,24H,3-4,7-8,11-14H2,1-2H3/t16-,20+,24?. The van der Waals surface area contributed by atoms with Crippen molar-refractivity contribution in [2.75, 3.05) is 20.2 Å². The first-order valence-electron chi connectivity index (χ1n) is 12.6. The Morgan fingerprint density at radius 3 is 2.16 bits per heavy atom. The van der Waals surface area contributed by atoms with Gasteiger partial charge in [-0.2, -0.15) is 26.3 Å². The summed E-state index contributed by atoms with van der Waals surface area (Å²) >= 11 is 0. The van der Waals surface area contributed by atoms with E-state index in [9.17, 15) is 31.1 Å². The Kier molecular flexibility index (Phi) is 7.97. The molecule has 4 rings (SSSR count). The van der Waals surface area contributed by atoms with Crippen molar-refractivity contribution in [3.63, 3.8) is 0 Å². The second-order valence-electron chi connectivity index (χ2n) is 10.2. The molecule has 1 atom stereocenters. The molecule has 0 amide bonds. The Morgan fingerprint density at radius 1 is 0.946 bits per heavy atom. The van der Waals surface area contributed by atoms with Crippen LogP contribution < -0.4 is 4.74 Å². The number of esters is 1. The third-order valence-corrected chi connectivity index (χ3v) is 7.60. The zero-order valence-corrected chi connectivity index (χ0v) is 20.8. The molecule has 1 aliphatic carbocycles. The predicted octanol–water partition coefficient (Wildman–Crippen LogP) is 7.30. The minimum atomic E-state index is -4.74. The summed E-state index contributed by atoms with van der Waals surface area (Å²) in [6, 6.07) is 4.03. The van der Waals surface area contributed by atoms with Gasteiger partial charge in [0, 0.05) is 0 Å². The van der Waals surface area contributed by atoms with Gasteiger partial charge in [0.1, 0.15) is 17.4 Å². The third kappa shape index (κ3) is 6.16. The summed E-state index contributed by atoms with van der Waals surface area (Å²) in [5.74, 6) is -0.699. The molecule has 1 saturated heterocycles. The zero-order valence-electron chi connectivity index (χ0n) is 20.8. The summed E-state index contributed by atoms with van der Waals surface area (Å²) in [5.41, 5.74) is -1.10. The molecule has 0 aromatic heterocycles. The molecule has 0 N–H and O–H groups in total. The van der Waals surface area contributed by atoms with Crippen molar-refractivity contribution in [1.82, 2.24) is 4.90 Å². The number of nitrogens with zero attached hydrogens (tertiary/aromatic N) is 1. The molecule has 4 nitrogen and oxygen atoms in total. The minimum absolute atomic E-state index is 0.0164. The largest absolute Gasteiger partial charge is 0.490 e. The van der Waals surface area contributed by atoms with E-state index in [4.69, 9.17) is 9.47 Å². The molecule has 0 bridgehead atoms. The molecule has 204 valence electrons. The average molecular weight is 532 g/mol. The van der Waals surface area contributed by atoms with Crippen LogP contribution in [0.2, 0.25) is 0 Å². The third-order valence-electron chi connectivity index (χ3n) is 7.60. The van der Waals surface area contributed by atoms with Crippen LogP contribution in [0.25, 0.3) is 10.8 Å². The second-order valence-corrected chi connectivity index (χ2v) is 10.2. The number of carbonyl (C=O) groups excluding carboxylic acids is 1. The highest BCUT2D eigenvalue weighted by Gasteiger charge is 2.46. The lowest BCUT2D eigenvalue weighted by molar-refractivity contribution is -0.190. The Labute approximate surface area is 211 Å². The molecule has 1 heterocycles. The second kappa shape index (κ2) is 10.7. The number of methoxy groups -OCH3 is 1. The molecule has 1 saturated carbocycles. The molecular weight excluding hydrogens is 500 g/mol. The highest BCUT2D eigenvalue weighted by Crippen LogP contribution is 2.45. The SMILES string of the molecule is COC(=O)C1CCN(C(c2ccc3c(C(F)(F)F)c(O[C@H]4CC[C@@H](C)CC4)ccc3c2)C(F)(F)F)CC1. The van der Waals surface area contributed by atoms with Crippen molar-refractivity contribution in [2.45, 2.75) is 69.9 Å². The molecule has 0 radical (unpaired) electrons. The van der Waals surface area contributed by atoms with Crippen LogP contribution in [0.15, 0.2) is 30.3 Å². The lowest BCUT2D eigenvalue weighted by Gasteiger charge is -2.38. The predicted molar refractivity (Wildman–Crippen MR) is 126 cm³/mol. The number of ether oxygens (including phenoxy) is 2. The van der Waals surface area contributed by atoms with Gasteiger partial charge in [0.05, 0.1) is 19.1 Å². The molecule has 2 aromatic rings. The number of halogens is 6. The fourth-order valence-electron chi connectivity index (χ4n) is 5.58. The molecule has 1 aliphatic heterocycles. The van der Waals surface area contributed by atoms with E-state index < -0.39 is 35.8 Å². The smallest absolute Gasteiger partial charge is 0.420 e. The monoisotopic (exact) mass is 531 g/mol. The van der Waals surface area contributed by atoms with Gasteiger partial charge < -0.3 is 9.47 Å². The van der Waals surface area contributed by atoms with E-state index >= 15 is 0 Å². The number of fused-ring (bicyclic) bond motifs is 1. The van der Waals surface area contributed by atoms with Gasteiger partial charge in [-0.25, -0.2) is 0 Å². The number of benzene rings is 2. The topological polar surface area (TPSA) is 38.8 Å². The lowest BCUT2D eigenvalue weighted by Crippen LogP contribution is -2.44. The van der Waals surface area contributed by atoms with Crippen molar-refractivity contribution < 1.29 is 40.6 Å². The first-order chi connectivity index (χ1) is 17.4. The fraction of sp³-hybridized carbons (Fsp3) is 0.593. The van der Waals surface area contributed by atoms with E-state index in [0.717, 1.165) is 25.0 Å². The molecule has 37 heavy (non-hydrogen) atoms. The van der Waals surface area contributed by atoms with Gasteiger partial charge in [0.25, 0.3) is 0 Å². The summed E-state index contributed by atoms with van der Waals surface area (Å²) < 4.78 is 95.6. The maximum atomic E-state index is 14.2. The Hall–Kier alpha value is -2.49. The van der Waals surface area contributed by atoms with Crippen LogP contribution in [0.5, 0.6) is 5.75 Å². The molecule has 10 heteroatoms. The van der Waals surface area contributed by atoms with Crippen LogP contribution in [0.4, 0.5) is 26.3 Å². The average Bonchev–Trinajstić information content (AvgIpc) is 2.83. The van der Waals surface area contributed by atoms with Crippen LogP contribution in [0.1, 0.15) is 62.6 Å². The zero-order chi connectivity index (χ0) is 27.0. The number of hydrogen-bond donors (Lipinski definition) is 0. The first kappa shape index (κ1) is 27.5. The first-order valence-corrected chi connectivity index (χ1v) is 12.6. The summed E-state index contributed by atoms with van der Waals surface area (Å²) in [6.07, 6.45) is -6.21. The highest BCUT2D eigenvalue weighted by molar-refractivity contribution is 5.89. The maximum Gasteiger partial charge on any atom is 0.420 e. The molecule has 0 spiro atoms. The minimum Gasteiger partial charge on any atom is -0.490 e. The van der Waals surface area contributed by atoms with Crippen LogP contribution in [-0.2, 0) is 15.7 Å². The van der Waals surface area contributed by atoms with Gasteiger partial charge in [-0.3, -0.25) is 9.69 Å². The summed E-state index contributed by atoms with van der Waals surface area (Å²) in [4.78, 5) is 13.0. The van der Waals surface area contributed by atoms with Crippen molar-refractivity contribution in [1.29, 1.82) is 0 Å². The van der Waals surface area contributed by atoms with Gasteiger partial charge in [0.15, 0.2) is 0 Å². The van der Waals surface area contributed by atoms with Crippen LogP contribution >= 0.6 is 0 Å². The number of alkyl halides is 6. The highest BCUT2D eigenvalue weighted by atomic mass is 19.4. The van der Waals surface area contributed by atoms with Crippen molar-refractivity contribution in [3.05, 3.63) is 41.5 Å². The van der Waals surface area contributed by atoms with Crippen molar-refractivity contribution in [2.24, 2.45) is 11.8 Å². The molecule has 1 unspecified atom stereocenters. The number of piperidine rings is 1. The number of likely N-dealkylation sites (tertiary alicyclic amines) is 1. The Bertz CT molecular complexity index is 1100. The number of hydrogen-bond acceptors (Lipinski definition) is 4. The number of carbonyl (C=O) groups is 1. The van der Waals surface area contributed by atoms with E-state index in [-0.39, 0.29) is 54.1 Å². The quantitative estimate of drug-likeness (QED) is 0.300. The summed E-state index contributed by atoms with van der Waals surface area (Å²) in [6.45, 7) is 2.13. The van der Waals surface area contributed by atoms with E-state index in [1.54, 1.807) is 0 Å². The normalized spacial score (nSPS) is 23.1. The molecule has 2 fully saturated rings.